The fourth-order valence-electron chi connectivity index (χ4n) is 3.55. The molecule has 0 aliphatic carbocycles. The zero-order chi connectivity index (χ0) is 19.6. The van der Waals surface area contributed by atoms with E-state index in [1.165, 1.54) is 11.1 Å². The first-order chi connectivity index (χ1) is 12.8. The quantitative estimate of drug-likeness (QED) is 0.808. The molecular formula is C23H28N2O2. The van der Waals surface area contributed by atoms with E-state index in [9.17, 15) is 9.59 Å². The molecule has 0 aromatic heterocycles. The normalized spacial score (nSPS) is 17.9. The number of carbonyl (C=O) groups excluding carboxylic acids is 2. The molecule has 2 aromatic rings. The molecule has 3 rings (SSSR count). The molecule has 4 heteroatoms. The molecule has 0 bridgehead atoms. The van der Waals surface area contributed by atoms with Crippen molar-refractivity contribution in [2.75, 3.05) is 13.6 Å². The number of benzene rings is 2. The number of likely N-dealkylation sites (tertiary alicyclic amines) is 1. The molecule has 1 fully saturated rings. The highest BCUT2D eigenvalue weighted by Crippen LogP contribution is 2.26. The van der Waals surface area contributed by atoms with Gasteiger partial charge in [0.1, 0.15) is 0 Å². The molecule has 2 aromatic carbocycles. The zero-order valence-electron chi connectivity index (χ0n) is 16.6. The zero-order valence-corrected chi connectivity index (χ0v) is 16.6. The predicted molar refractivity (Wildman–Crippen MR) is 107 cm³/mol. The molecule has 0 spiro atoms. The summed E-state index contributed by atoms with van der Waals surface area (Å²) in [5.41, 5.74) is 4.61. The molecule has 1 aliphatic heterocycles. The van der Waals surface area contributed by atoms with Gasteiger partial charge < -0.3 is 9.80 Å². The van der Waals surface area contributed by atoms with Crippen LogP contribution in [0.25, 0.3) is 0 Å². The highest BCUT2D eigenvalue weighted by Gasteiger charge is 2.36. The van der Waals surface area contributed by atoms with Crippen LogP contribution in [0.15, 0.2) is 48.5 Å². The van der Waals surface area contributed by atoms with Crippen LogP contribution in [-0.4, -0.2) is 35.2 Å². The van der Waals surface area contributed by atoms with Gasteiger partial charge in [-0.15, -0.1) is 0 Å². The van der Waals surface area contributed by atoms with Gasteiger partial charge in [-0.1, -0.05) is 59.7 Å². The largest absolute Gasteiger partial charge is 0.339 e. The summed E-state index contributed by atoms with van der Waals surface area (Å²) in [6.07, 6.45) is 0.301. The molecule has 0 saturated carbocycles. The van der Waals surface area contributed by atoms with Crippen LogP contribution in [0.2, 0.25) is 0 Å². The van der Waals surface area contributed by atoms with Crippen LogP contribution < -0.4 is 0 Å². The van der Waals surface area contributed by atoms with Gasteiger partial charge in [0.2, 0.25) is 11.8 Å². The van der Waals surface area contributed by atoms with E-state index in [1.54, 1.807) is 9.80 Å². The van der Waals surface area contributed by atoms with Crippen LogP contribution >= 0.6 is 0 Å². The van der Waals surface area contributed by atoms with E-state index in [4.69, 9.17) is 0 Å². The Hall–Kier alpha value is -2.62. The standard InChI is InChI=1S/C23H28N2O2/c1-16-5-9-19(10-6-16)14-25-15-21(13-22(25)26)23(27)24(4)18(3)20-11-7-17(2)8-12-20/h5-12,18,21H,13-15H2,1-4H3. The number of amides is 2. The highest BCUT2D eigenvalue weighted by molar-refractivity contribution is 5.89. The van der Waals surface area contributed by atoms with Crippen LogP contribution in [-0.2, 0) is 16.1 Å². The lowest BCUT2D eigenvalue weighted by molar-refractivity contribution is -0.136. The summed E-state index contributed by atoms with van der Waals surface area (Å²) >= 11 is 0. The van der Waals surface area contributed by atoms with Gasteiger partial charge >= 0.3 is 0 Å². The van der Waals surface area contributed by atoms with E-state index in [0.29, 0.717) is 19.5 Å². The molecule has 0 radical (unpaired) electrons. The fourth-order valence-corrected chi connectivity index (χ4v) is 3.55. The van der Waals surface area contributed by atoms with Crippen LogP contribution in [0.1, 0.15) is 41.6 Å². The molecule has 142 valence electrons. The van der Waals surface area contributed by atoms with E-state index in [-0.39, 0.29) is 23.8 Å². The second kappa shape index (κ2) is 7.95. The van der Waals surface area contributed by atoms with Gasteiger partial charge in [-0.05, 0) is 31.9 Å². The maximum Gasteiger partial charge on any atom is 0.228 e. The first-order valence-corrected chi connectivity index (χ1v) is 9.51. The van der Waals surface area contributed by atoms with Crippen molar-refractivity contribution in [3.63, 3.8) is 0 Å². The van der Waals surface area contributed by atoms with Crippen molar-refractivity contribution < 1.29 is 9.59 Å². The SMILES string of the molecule is Cc1ccc(CN2CC(C(=O)N(C)C(C)c3ccc(C)cc3)CC2=O)cc1. The average Bonchev–Trinajstić information content (AvgIpc) is 3.03. The third-order valence-electron chi connectivity index (χ3n) is 5.55. The molecular weight excluding hydrogens is 336 g/mol. The van der Waals surface area contributed by atoms with Gasteiger partial charge in [0, 0.05) is 26.6 Å². The van der Waals surface area contributed by atoms with Crippen LogP contribution in [0.4, 0.5) is 0 Å². The van der Waals surface area contributed by atoms with Gasteiger partial charge in [-0.3, -0.25) is 9.59 Å². The summed E-state index contributed by atoms with van der Waals surface area (Å²) in [6.45, 7) is 7.20. The maximum absolute atomic E-state index is 13.0. The molecule has 0 N–H and O–H groups in total. The lowest BCUT2D eigenvalue weighted by Gasteiger charge is -2.28. The van der Waals surface area contributed by atoms with Crippen LogP contribution in [0.5, 0.6) is 0 Å². The maximum atomic E-state index is 13.0. The number of hydrogen-bond donors (Lipinski definition) is 0. The monoisotopic (exact) mass is 364 g/mol. The first-order valence-electron chi connectivity index (χ1n) is 9.51. The number of hydrogen-bond acceptors (Lipinski definition) is 2. The van der Waals surface area contributed by atoms with E-state index in [1.807, 2.05) is 33.0 Å². The summed E-state index contributed by atoms with van der Waals surface area (Å²) < 4.78 is 0. The van der Waals surface area contributed by atoms with Gasteiger partial charge in [0.15, 0.2) is 0 Å². The molecule has 2 atom stereocenters. The predicted octanol–water partition coefficient (Wildman–Crippen LogP) is 3.87. The molecule has 27 heavy (non-hydrogen) atoms. The second-order valence-corrected chi connectivity index (χ2v) is 7.70. The van der Waals surface area contributed by atoms with Gasteiger partial charge in [-0.2, -0.15) is 0 Å². The van der Waals surface area contributed by atoms with E-state index in [2.05, 4.69) is 43.3 Å². The minimum atomic E-state index is -0.263. The Bertz CT molecular complexity index is 811. The minimum absolute atomic E-state index is 0.0145. The van der Waals surface area contributed by atoms with Crippen molar-refractivity contribution in [3.8, 4) is 0 Å². The lowest BCUT2D eigenvalue weighted by atomic mass is 10.0. The van der Waals surface area contributed by atoms with Crippen molar-refractivity contribution in [2.24, 2.45) is 5.92 Å². The summed E-state index contributed by atoms with van der Waals surface area (Å²) in [4.78, 5) is 29.0. The van der Waals surface area contributed by atoms with E-state index < -0.39 is 0 Å². The summed E-state index contributed by atoms with van der Waals surface area (Å²) in [5, 5.41) is 0. The first kappa shape index (κ1) is 19.2. The topological polar surface area (TPSA) is 40.6 Å². The highest BCUT2D eigenvalue weighted by atomic mass is 16.2. The van der Waals surface area contributed by atoms with Crippen molar-refractivity contribution >= 4 is 11.8 Å². The third-order valence-corrected chi connectivity index (χ3v) is 5.55. The lowest BCUT2D eigenvalue weighted by Crippen LogP contribution is -2.36. The van der Waals surface area contributed by atoms with Crippen molar-refractivity contribution in [2.45, 2.75) is 39.8 Å². The summed E-state index contributed by atoms with van der Waals surface area (Å²) in [5.74, 6) is -0.158. The number of carbonyl (C=O) groups is 2. The Morgan fingerprint density at radius 1 is 1.07 bits per heavy atom. The van der Waals surface area contributed by atoms with E-state index in [0.717, 1.165) is 11.1 Å². The molecule has 1 saturated heterocycles. The number of nitrogens with zero attached hydrogens (tertiary/aromatic N) is 2. The Labute approximate surface area is 161 Å². The molecule has 2 unspecified atom stereocenters. The van der Waals surface area contributed by atoms with Gasteiger partial charge in [0.05, 0.1) is 12.0 Å². The Morgan fingerprint density at radius 2 is 1.63 bits per heavy atom. The van der Waals surface area contributed by atoms with Gasteiger partial charge in [-0.25, -0.2) is 0 Å². The summed E-state index contributed by atoms with van der Waals surface area (Å²) in [6, 6.07) is 16.4. The minimum Gasteiger partial charge on any atom is -0.339 e. The Kier molecular flexibility index (Phi) is 5.64. The fraction of sp³-hybridized carbons (Fsp3) is 0.391. The van der Waals surface area contributed by atoms with Crippen molar-refractivity contribution in [1.82, 2.24) is 9.80 Å². The van der Waals surface area contributed by atoms with Gasteiger partial charge in [0.25, 0.3) is 0 Å². The second-order valence-electron chi connectivity index (χ2n) is 7.70. The van der Waals surface area contributed by atoms with Crippen LogP contribution in [0, 0.1) is 19.8 Å². The van der Waals surface area contributed by atoms with Crippen LogP contribution in [0.3, 0.4) is 0 Å². The van der Waals surface area contributed by atoms with Crippen molar-refractivity contribution in [3.05, 3.63) is 70.8 Å². The molecule has 1 heterocycles. The third kappa shape index (κ3) is 4.38. The number of aryl methyl sites for hydroxylation is 2. The molecule has 4 nitrogen and oxygen atoms in total. The average molecular weight is 364 g/mol. The Morgan fingerprint density at radius 3 is 2.22 bits per heavy atom. The number of rotatable bonds is 5. The summed E-state index contributed by atoms with van der Waals surface area (Å²) in [7, 11) is 1.83. The smallest absolute Gasteiger partial charge is 0.228 e. The Balaban J connectivity index is 1.64. The van der Waals surface area contributed by atoms with E-state index >= 15 is 0 Å². The molecule has 2 amide bonds. The van der Waals surface area contributed by atoms with Crippen molar-refractivity contribution in [1.29, 1.82) is 0 Å². The molecule has 1 aliphatic rings.